The van der Waals surface area contributed by atoms with E-state index >= 15 is 0 Å². The fourth-order valence-corrected chi connectivity index (χ4v) is 5.87. The number of hydrogen-bond acceptors (Lipinski definition) is 12. The Labute approximate surface area is 313 Å². The van der Waals surface area contributed by atoms with Crippen molar-refractivity contribution in [3.8, 4) is 46.0 Å². The van der Waals surface area contributed by atoms with Gasteiger partial charge in [-0.05, 0) is 83.3 Å². The zero-order chi connectivity index (χ0) is 35.7. The van der Waals surface area contributed by atoms with Crippen LogP contribution in [-0.2, 0) is 17.8 Å². The van der Waals surface area contributed by atoms with E-state index in [0.29, 0.717) is 39.5 Å². The summed E-state index contributed by atoms with van der Waals surface area (Å²) in [4.78, 5) is 13.3. The molecule has 0 heterocycles. The van der Waals surface area contributed by atoms with Crippen LogP contribution in [0.3, 0.4) is 0 Å². The number of phosphoric acid groups is 1. The summed E-state index contributed by atoms with van der Waals surface area (Å²) in [5.41, 5.74) is 3.97. The molecule has 12 nitrogen and oxygen atoms in total. The second-order valence-electron chi connectivity index (χ2n) is 10.5. The van der Waals surface area contributed by atoms with Gasteiger partial charge in [-0.3, -0.25) is 0 Å². The summed E-state index contributed by atoms with van der Waals surface area (Å²) in [7, 11) is 1.98. The maximum atomic E-state index is 13.3. The van der Waals surface area contributed by atoms with E-state index in [2.05, 4.69) is 0 Å². The predicted molar refractivity (Wildman–Crippen MR) is 183 cm³/mol. The second-order valence-corrected chi connectivity index (χ2v) is 11.8. The van der Waals surface area contributed by atoms with E-state index in [4.69, 9.17) is 32.7 Å². The topological polar surface area (TPSA) is 165 Å². The maximum Gasteiger partial charge on any atom is 1.00 e. The molecule has 50 heavy (non-hydrogen) atoms. The standard InChI is InChI=1S/C36H39O12P.Na/c1-22-15-24(19-33(45-5)35(22)46-6)9-11-26-12-14-30(43-3)36(34(26)39)48-49(40,41)47-32-17-23(10-13-29(32)42-2)7-8-25-16-27(20-37)28(21-38)31(18-25)44-4;/h7-19,37-39H,20-21H2,1-6H3,(H,40,41);/q;+1/p-1/b8-7-,11-9-;. The Morgan fingerprint density at radius 3 is 1.84 bits per heavy atom. The summed E-state index contributed by atoms with van der Waals surface area (Å²) < 4.78 is 50.6. The molecule has 0 aliphatic carbocycles. The van der Waals surface area contributed by atoms with E-state index in [0.717, 1.165) is 11.1 Å². The zero-order valence-corrected chi connectivity index (χ0v) is 31.8. The van der Waals surface area contributed by atoms with Crippen molar-refractivity contribution in [2.24, 2.45) is 0 Å². The van der Waals surface area contributed by atoms with Gasteiger partial charge in [0.05, 0.1) is 48.8 Å². The molecule has 0 fully saturated rings. The van der Waals surface area contributed by atoms with Crippen molar-refractivity contribution in [1.29, 1.82) is 0 Å². The number of aliphatic hydroxyl groups excluding tert-OH is 2. The summed E-state index contributed by atoms with van der Waals surface area (Å²) in [5.74, 6) is 0.436. The van der Waals surface area contributed by atoms with Gasteiger partial charge >= 0.3 is 37.4 Å². The van der Waals surface area contributed by atoms with Gasteiger partial charge in [-0.2, -0.15) is 0 Å². The number of ether oxygens (including phenoxy) is 5. The molecule has 0 spiro atoms. The quantitative estimate of drug-likeness (QED) is 0.0938. The van der Waals surface area contributed by atoms with E-state index in [1.165, 1.54) is 52.7 Å². The van der Waals surface area contributed by atoms with Gasteiger partial charge in [-0.15, -0.1) is 0 Å². The molecule has 0 aliphatic heterocycles. The van der Waals surface area contributed by atoms with Gasteiger partial charge in [0.1, 0.15) is 5.75 Å². The fraction of sp³-hybridized carbons (Fsp3) is 0.222. The molecule has 260 valence electrons. The number of aryl methyl sites for hydroxylation is 1. The van der Waals surface area contributed by atoms with Crippen molar-refractivity contribution in [3.63, 3.8) is 0 Å². The number of phosphoric ester groups is 1. The molecule has 4 aromatic carbocycles. The maximum absolute atomic E-state index is 13.3. The summed E-state index contributed by atoms with van der Waals surface area (Å²) in [5, 5.41) is 30.5. The molecule has 3 N–H and O–H groups in total. The van der Waals surface area contributed by atoms with Crippen LogP contribution in [0.4, 0.5) is 0 Å². The van der Waals surface area contributed by atoms with Crippen LogP contribution < -0.4 is 67.2 Å². The van der Waals surface area contributed by atoms with Crippen LogP contribution in [0.2, 0.25) is 0 Å². The molecule has 0 bridgehead atoms. The Kier molecular flexibility index (Phi) is 14.7. The molecule has 4 rings (SSSR count). The van der Waals surface area contributed by atoms with Gasteiger partial charge in [-0.1, -0.05) is 30.4 Å². The van der Waals surface area contributed by atoms with Crippen LogP contribution in [0.25, 0.3) is 24.3 Å². The first-order valence-electron chi connectivity index (χ1n) is 14.8. The van der Waals surface area contributed by atoms with Gasteiger partial charge in [-0.25, -0.2) is 4.57 Å². The molecular weight excluding hydrogens is 678 g/mol. The molecule has 0 saturated carbocycles. The summed E-state index contributed by atoms with van der Waals surface area (Å²) in [6.45, 7) is 1.26. The molecule has 0 aromatic heterocycles. The number of aliphatic hydroxyl groups is 2. The third-order valence-electron chi connectivity index (χ3n) is 7.43. The number of aromatic hydroxyl groups is 1. The minimum absolute atomic E-state index is 0. The van der Waals surface area contributed by atoms with Crippen molar-refractivity contribution in [2.45, 2.75) is 20.1 Å². The normalized spacial score (nSPS) is 12.3. The van der Waals surface area contributed by atoms with Crippen LogP contribution in [0, 0.1) is 6.92 Å². The second kappa shape index (κ2) is 18.2. The largest absolute Gasteiger partial charge is 1.00 e. The van der Waals surface area contributed by atoms with E-state index in [1.54, 1.807) is 55.7 Å². The van der Waals surface area contributed by atoms with Crippen molar-refractivity contribution in [2.75, 3.05) is 35.5 Å². The molecular formula is C36H38NaO12P. The third-order valence-corrected chi connectivity index (χ3v) is 8.26. The molecule has 0 saturated heterocycles. The molecule has 0 aliphatic rings. The smallest absolute Gasteiger partial charge is 0.736 e. The van der Waals surface area contributed by atoms with Gasteiger partial charge in [0.15, 0.2) is 34.5 Å². The first-order chi connectivity index (χ1) is 23.5. The van der Waals surface area contributed by atoms with Gasteiger partial charge < -0.3 is 52.9 Å². The number of rotatable bonds is 15. The van der Waals surface area contributed by atoms with E-state index < -0.39 is 19.3 Å². The van der Waals surface area contributed by atoms with Crippen LogP contribution >= 0.6 is 7.82 Å². The Morgan fingerprint density at radius 2 is 1.22 bits per heavy atom. The van der Waals surface area contributed by atoms with E-state index in [1.807, 2.05) is 13.0 Å². The van der Waals surface area contributed by atoms with Crippen molar-refractivity contribution >= 4 is 32.1 Å². The number of hydrogen-bond donors (Lipinski definition) is 3. The number of benzene rings is 4. The fourth-order valence-electron chi connectivity index (χ4n) is 5.05. The van der Waals surface area contributed by atoms with Crippen LogP contribution in [0.5, 0.6) is 46.0 Å². The Morgan fingerprint density at radius 1 is 0.640 bits per heavy atom. The first-order valence-corrected chi connectivity index (χ1v) is 16.3. The third kappa shape index (κ3) is 9.55. The van der Waals surface area contributed by atoms with Gasteiger partial charge in [0.2, 0.25) is 5.75 Å². The molecule has 4 aromatic rings. The van der Waals surface area contributed by atoms with Gasteiger partial charge in [0, 0.05) is 11.1 Å². The van der Waals surface area contributed by atoms with E-state index in [-0.39, 0.29) is 65.6 Å². The van der Waals surface area contributed by atoms with E-state index in [9.17, 15) is 24.8 Å². The summed E-state index contributed by atoms with van der Waals surface area (Å²) in [6.07, 6.45) is 6.68. The Bertz CT molecular complexity index is 1880. The van der Waals surface area contributed by atoms with Crippen LogP contribution in [0.15, 0.2) is 54.6 Å². The summed E-state index contributed by atoms with van der Waals surface area (Å²) in [6, 6.07) is 14.6. The van der Waals surface area contributed by atoms with Crippen molar-refractivity contribution in [1.82, 2.24) is 0 Å². The Balaban J connectivity index is 0.00000676. The Hall–Kier alpha value is -4.13. The molecule has 1 unspecified atom stereocenters. The van der Waals surface area contributed by atoms with Crippen LogP contribution in [-0.4, -0.2) is 50.9 Å². The summed E-state index contributed by atoms with van der Waals surface area (Å²) >= 11 is 0. The molecule has 1 atom stereocenters. The number of phenolic OH excluding ortho intramolecular Hbond substituents is 1. The average Bonchev–Trinajstić information content (AvgIpc) is 3.09. The molecule has 0 radical (unpaired) electrons. The number of methoxy groups -OCH3 is 5. The SMILES string of the molecule is COc1ccc(/C=C\c2cc(CO)c(CO)c(OC)c2)cc1OP(=O)([O-])Oc1c(OC)ccc(/C=C\c2cc(C)c(OC)c(OC)c2)c1O.[Na+]. The average molecular weight is 717 g/mol. The van der Waals surface area contributed by atoms with Gasteiger partial charge in [0.25, 0.3) is 0 Å². The minimum Gasteiger partial charge on any atom is -0.736 e. The van der Waals surface area contributed by atoms with Crippen molar-refractivity contribution in [3.05, 3.63) is 93.5 Å². The first kappa shape index (κ1) is 40.3. The monoisotopic (exact) mass is 716 g/mol. The number of phenols is 1. The minimum atomic E-state index is -5.21. The zero-order valence-electron chi connectivity index (χ0n) is 28.9. The van der Waals surface area contributed by atoms with Crippen LogP contribution in [0.1, 0.15) is 38.9 Å². The molecule has 0 amide bonds. The van der Waals surface area contributed by atoms with Crippen molar-refractivity contribution < 1.29 is 87.1 Å². The molecule has 14 heteroatoms. The predicted octanol–water partition coefficient (Wildman–Crippen LogP) is 3.00.